The molecule has 0 aliphatic rings. The van der Waals surface area contributed by atoms with Crippen LogP contribution in [0.15, 0.2) is 27.1 Å². The number of nitrogens with zero attached hydrogens (tertiary/aromatic N) is 2. The number of nitrogens with one attached hydrogen (secondary N) is 1. The number of rotatable bonds is 4. The summed E-state index contributed by atoms with van der Waals surface area (Å²) in [6.45, 7) is 0. The highest BCUT2D eigenvalue weighted by Crippen LogP contribution is 2.51. The zero-order valence-corrected chi connectivity index (χ0v) is 18.1. The van der Waals surface area contributed by atoms with Crippen LogP contribution in [0.4, 0.5) is 62.3 Å². The second-order valence-electron chi connectivity index (χ2n) is 5.99. The summed E-state index contributed by atoms with van der Waals surface area (Å²) < 4.78 is 118. The number of anilines is 2. The lowest BCUT2D eigenvalue weighted by Gasteiger charge is -2.22. The van der Waals surface area contributed by atoms with Gasteiger partial charge in [-0.15, -0.1) is 0 Å². The van der Waals surface area contributed by atoms with E-state index in [4.69, 9.17) is 0 Å². The Morgan fingerprint density at radius 2 is 1.24 bits per heavy atom. The van der Waals surface area contributed by atoms with E-state index in [9.17, 15) is 59.7 Å². The molecular weight excluding hydrogens is 617 g/mol. The topological polar surface area (TPSA) is 98.3 Å². The molecule has 0 aliphatic heterocycles. The van der Waals surface area contributed by atoms with E-state index < -0.39 is 76.8 Å². The van der Waals surface area contributed by atoms with E-state index in [0.29, 0.717) is 0 Å². The third-order valence-corrected chi connectivity index (χ3v) is 5.32. The first-order valence-electron chi connectivity index (χ1n) is 7.74. The van der Waals surface area contributed by atoms with Crippen LogP contribution in [0.1, 0.15) is 16.7 Å². The van der Waals surface area contributed by atoms with Gasteiger partial charge in [0.15, 0.2) is 0 Å². The molecule has 7 nitrogen and oxygen atoms in total. The van der Waals surface area contributed by atoms with Crippen LogP contribution in [0.3, 0.4) is 0 Å². The molecule has 2 rings (SSSR count). The van der Waals surface area contributed by atoms with Crippen LogP contribution in [0, 0.1) is 20.2 Å². The predicted molar refractivity (Wildman–Crippen MR) is 99.9 cm³/mol. The first-order valence-corrected chi connectivity index (χ1v) is 9.32. The number of benzene rings is 2. The quantitative estimate of drug-likeness (QED) is 0.213. The third kappa shape index (κ3) is 5.48. The van der Waals surface area contributed by atoms with Gasteiger partial charge in [0, 0.05) is 10.5 Å². The molecule has 0 bridgehead atoms. The molecule has 0 heterocycles. The van der Waals surface area contributed by atoms with Gasteiger partial charge < -0.3 is 5.32 Å². The Hall–Kier alpha value is -2.63. The van der Waals surface area contributed by atoms with Crippen LogP contribution in [0.25, 0.3) is 0 Å². The van der Waals surface area contributed by atoms with Gasteiger partial charge >= 0.3 is 18.5 Å². The van der Waals surface area contributed by atoms with Crippen molar-refractivity contribution in [1.82, 2.24) is 0 Å². The zero-order chi connectivity index (χ0) is 25.7. The maximum absolute atomic E-state index is 13.6. The van der Waals surface area contributed by atoms with E-state index in [-0.39, 0.29) is 18.2 Å². The van der Waals surface area contributed by atoms with E-state index >= 15 is 0 Å². The maximum atomic E-state index is 13.6. The average Bonchev–Trinajstić information content (AvgIpc) is 2.60. The number of non-ortho nitro benzene ring substituents is 1. The lowest BCUT2D eigenvalue weighted by atomic mass is 10.0. The highest BCUT2D eigenvalue weighted by molar-refractivity contribution is 9.11. The lowest BCUT2D eigenvalue weighted by molar-refractivity contribution is -0.394. The second kappa shape index (κ2) is 8.62. The van der Waals surface area contributed by atoms with Crippen molar-refractivity contribution in [3.63, 3.8) is 0 Å². The molecule has 2 aromatic rings. The highest BCUT2D eigenvalue weighted by Gasteiger charge is 2.44. The van der Waals surface area contributed by atoms with E-state index in [0.717, 1.165) is 0 Å². The molecule has 0 aliphatic carbocycles. The summed E-state index contributed by atoms with van der Waals surface area (Å²) in [5, 5.41) is 23.6. The van der Waals surface area contributed by atoms with Crippen molar-refractivity contribution in [3.8, 4) is 0 Å². The molecule has 0 atom stereocenters. The lowest BCUT2D eigenvalue weighted by Crippen LogP contribution is -2.17. The molecule has 0 radical (unpaired) electrons. The molecule has 0 unspecified atom stereocenters. The van der Waals surface area contributed by atoms with Gasteiger partial charge in [0.2, 0.25) is 0 Å². The maximum Gasteiger partial charge on any atom is 0.419 e. The standard InChI is InChI=1S/C15H4Br2F9N3O4/c16-7-3-5(13(18,19)20)10(17)12(9(7)15(24,25)26)27-11-6(14(21,22)23)1-4(28(30)31)2-8(11)29(32)33/h1-3,27H. The molecule has 0 aromatic heterocycles. The Kier molecular flexibility index (Phi) is 6.95. The average molecular weight is 621 g/mol. The van der Waals surface area contributed by atoms with Gasteiger partial charge in [-0.05, 0) is 22.0 Å². The summed E-state index contributed by atoms with van der Waals surface area (Å²) in [6.07, 6.45) is -16.3. The van der Waals surface area contributed by atoms with Crippen LogP contribution in [-0.2, 0) is 18.5 Å². The Morgan fingerprint density at radius 3 is 1.64 bits per heavy atom. The number of halogens is 11. The molecule has 180 valence electrons. The zero-order valence-electron chi connectivity index (χ0n) is 14.9. The van der Waals surface area contributed by atoms with Crippen LogP contribution in [0.2, 0.25) is 0 Å². The van der Waals surface area contributed by atoms with Crippen molar-refractivity contribution < 1.29 is 49.4 Å². The fraction of sp³-hybridized carbons (Fsp3) is 0.200. The third-order valence-electron chi connectivity index (χ3n) is 3.87. The minimum Gasteiger partial charge on any atom is -0.348 e. The molecule has 0 amide bonds. The fourth-order valence-electron chi connectivity index (χ4n) is 2.57. The van der Waals surface area contributed by atoms with E-state index in [1.165, 1.54) is 5.32 Å². The summed E-state index contributed by atoms with van der Waals surface area (Å²) in [5.74, 6) is 0. The van der Waals surface area contributed by atoms with E-state index in [1.807, 2.05) is 0 Å². The number of nitro benzene ring substituents is 2. The molecular formula is C15H4Br2F9N3O4. The first kappa shape index (κ1) is 26.6. The number of hydrogen-bond acceptors (Lipinski definition) is 5. The molecule has 0 fully saturated rings. The summed E-state index contributed by atoms with van der Waals surface area (Å²) in [7, 11) is 0. The first-order chi connectivity index (χ1) is 14.8. The van der Waals surface area contributed by atoms with Gasteiger partial charge in [0.1, 0.15) is 5.69 Å². The van der Waals surface area contributed by atoms with Crippen molar-refractivity contribution in [2.24, 2.45) is 0 Å². The number of nitro groups is 2. The number of alkyl halides is 9. The van der Waals surface area contributed by atoms with E-state index in [2.05, 4.69) is 31.9 Å². The molecule has 18 heteroatoms. The molecule has 1 N–H and O–H groups in total. The van der Waals surface area contributed by atoms with Crippen LogP contribution in [-0.4, -0.2) is 9.85 Å². The van der Waals surface area contributed by atoms with Gasteiger partial charge in [0.05, 0.1) is 42.8 Å². The van der Waals surface area contributed by atoms with Crippen molar-refractivity contribution in [2.45, 2.75) is 18.5 Å². The van der Waals surface area contributed by atoms with Crippen molar-refractivity contribution in [1.29, 1.82) is 0 Å². The van der Waals surface area contributed by atoms with E-state index in [1.54, 1.807) is 0 Å². The predicted octanol–water partition coefficient (Wildman–Crippen LogP) is 7.83. The second-order valence-corrected chi connectivity index (χ2v) is 7.64. The van der Waals surface area contributed by atoms with Gasteiger partial charge in [-0.1, -0.05) is 15.9 Å². The van der Waals surface area contributed by atoms with Crippen LogP contribution >= 0.6 is 31.9 Å². The minimum absolute atomic E-state index is 0.00695. The fourth-order valence-corrected chi connectivity index (χ4v) is 3.86. The molecule has 0 saturated heterocycles. The largest absolute Gasteiger partial charge is 0.419 e. The van der Waals surface area contributed by atoms with Crippen molar-refractivity contribution >= 4 is 54.6 Å². The molecule has 0 spiro atoms. The number of hydrogen-bond donors (Lipinski definition) is 1. The van der Waals surface area contributed by atoms with Crippen LogP contribution in [0.5, 0.6) is 0 Å². The Labute approximate surface area is 192 Å². The van der Waals surface area contributed by atoms with Gasteiger partial charge in [0.25, 0.3) is 11.4 Å². The summed E-state index contributed by atoms with van der Waals surface area (Å²) in [5.41, 5.74) is -12.4. The van der Waals surface area contributed by atoms with Crippen molar-refractivity contribution in [2.75, 3.05) is 5.32 Å². The molecule has 2 aromatic carbocycles. The summed E-state index contributed by atoms with van der Waals surface area (Å²) in [6, 6.07) is -0.187. The highest BCUT2D eigenvalue weighted by atomic mass is 79.9. The monoisotopic (exact) mass is 619 g/mol. The van der Waals surface area contributed by atoms with Gasteiger partial charge in [-0.3, -0.25) is 20.2 Å². The van der Waals surface area contributed by atoms with Gasteiger partial charge in [-0.2, -0.15) is 39.5 Å². The summed E-state index contributed by atoms with van der Waals surface area (Å²) in [4.78, 5) is 19.1. The SMILES string of the molecule is O=[N+]([O-])c1cc([N+](=O)[O-])c(Nc2c(Br)c(C(F)(F)F)cc(Br)c2C(F)(F)F)c(C(F)(F)F)c1. The Balaban J connectivity index is 3.02. The molecule has 0 saturated carbocycles. The molecule has 33 heavy (non-hydrogen) atoms. The smallest absolute Gasteiger partial charge is 0.348 e. The van der Waals surface area contributed by atoms with Crippen molar-refractivity contribution in [3.05, 3.63) is 64.1 Å². The minimum atomic E-state index is -5.59. The van der Waals surface area contributed by atoms with Gasteiger partial charge in [-0.25, -0.2) is 0 Å². The Bertz CT molecular complexity index is 1150. The normalized spacial score (nSPS) is 12.6. The Morgan fingerprint density at radius 1 is 0.727 bits per heavy atom. The summed E-state index contributed by atoms with van der Waals surface area (Å²) >= 11 is 4.55. The van der Waals surface area contributed by atoms with Crippen LogP contribution < -0.4 is 5.32 Å².